The first-order valence-electron chi connectivity index (χ1n) is 4.39. The minimum Gasteiger partial charge on any atom is -0.256 e. The molecule has 0 saturated heterocycles. The molecule has 0 radical (unpaired) electrons. The van der Waals surface area contributed by atoms with Gasteiger partial charge in [0.25, 0.3) is 0 Å². The second-order valence-electron chi connectivity index (χ2n) is 3.34. The van der Waals surface area contributed by atoms with Crippen molar-refractivity contribution in [3.05, 3.63) is 42.1 Å². The van der Waals surface area contributed by atoms with Gasteiger partial charge in [0.05, 0.1) is 11.3 Å². The Balaban J connectivity index is 2.48. The van der Waals surface area contributed by atoms with Crippen molar-refractivity contribution in [3.63, 3.8) is 0 Å². The van der Waals surface area contributed by atoms with Gasteiger partial charge in [-0.3, -0.25) is 4.98 Å². The zero-order valence-corrected chi connectivity index (χ0v) is 8.74. The molecular weight excluding hydrogens is 212 g/mol. The van der Waals surface area contributed by atoms with Crippen molar-refractivity contribution < 1.29 is 8.42 Å². The molecule has 2 aromatic rings. The molecule has 1 aromatic heterocycles. The van der Waals surface area contributed by atoms with Crippen LogP contribution >= 0.6 is 0 Å². The lowest BCUT2D eigenvalue weighted by Gasteiger charge is -2.01. The molecule has 0 atom stereocenters. The van der Waals surface area contributed by atoms with Gasteiger partial charge in [0.2, 0.25) is 10.0 Å². The topological polar surface area (TPSA) is 73.1 Å². The van der Waals surface area contributed by atoms with E-state index in [4.69, 9.17) is 5.14 Å². The van der Waals surface area contributed by atoms with Crippen molar-refractivity contribution in [2.24, 2.45) is 5.14 Å². The maximum Gasteiger partial charge on any atom is 0.213 e. The third-order valence-corrected chi connectivity index (χ3v) is 2.77. The smallest absolute Gasteiger partial charge is 0.213 e. The third kappa shape index (κ3) is 2.51. The SMILES string of the molecule is NS(=O)(=O)Cc1ccc2cccnc2c1. The molecule has 1 heterocycles. The number of nitrogens with two attached hydrogens (primary N) is 1. The molecule has 0 saturated carbocycles. The van der Waals surface area contributed by atoms with Gasteiger partial charge < -0.3 is 0 Å². The van der Waals surface area contributed by atoms with Crippen LogP contribution in [0.2, 0.25) is 0 Å². The van der Waals surface area contributed by atoms with E-state index in [1.54, 1.807) is 18.3 Å². The first-order valence-corrected chi connectivity index (χ1v) is 6.10. The van der Waals surface area contributed by atoms with Crippen molar-refractivity contribution in [3.8, 4) is 0 Å². The highest BCUT2D eigenvalue weighted by Crippen LogP contribution is 2.14. The van der Waals surface area contributed by atoms with E-state index in [-0.39, 0.29) is 5.75 Å². The number of rotatable bonds is 2. The quantitative estimate of drug-likeness (QED) is 0.824. The summed E-state index contributed by atoms with van der Waals surface area (Å²) in [6, 6.07) is 9.07. The highest BCUT2D eigenvalue weighted by Gasteiger charge is 2.05. The molecule has 2 rings (SSSR count). The first kappa shape index (κ1) is 10.1. The number of hydrogen-bond donors (Lipinski definition) is 1. The Hall–Kier alpha value is -1.46. The zero-order valence-electron chi connectivity index (χ0n) is 7.92. The molecule has 0 aliphatic rings. The second kappa shape index (κ2) is 3.60. The predicted molar refractivity (Wildman–Crippen MR) is 58.6 cm³/mol. The van der Waals surface area contributed by atoms with Gasteiger partial charge in [0, 0.05) is 11.6 Å². The third-order valence-electron chi connectivity index (χ3n) is 2.04. The van der Waals surface area contributed by atoms with E-state index in [1.165, 1.54) is 0 Å². The van der Waals surface area contributed by atoms with Gasteiger partial charge in [-0.05, 0) is 17.7 Å². The second-order valence-corrected chi connectivity index (χ2v) is 4.95. The van der Waals surface area contributed by atoms with Crippen LogP contribution in [-0.4, -0.2) is 13.4 Å². The maximum atomic E-state index is 10.9. The largest absolute Gasteiger partial charge is 0.256 e. The van der Waals surface area contributed by atoms with Crippen LogP contribution in [0.4, 0.5) is 0 Å². The normalized spacial score (nSPS) is 11.8. The molecule has 78 valence electrons. The minimum absolute atomic E-state index is 0.153. The summed E-state index contributed by atoms with van der Waals surface area (Å²) in [6.45, 7) is 0. The number of benzene rings is 1. The highest BCUT2D eigenvalue weighted by atomic mass is 32.2. The van der Waals surface area contributed by atoms with Gasteiger partial charge in [-0.15, -0.1) is 0 Å². The molecule has 0 fully saturated rings. The Morgan fingerprint density at radius 1 is 1.27 bits per heavy atom. The molecule has 0 aliphatic heterocycles. The summed E-state index contributed by atoms with van der Waals surface area (Å²) in [5.74, 6) is -0.153. The summed E-state index contributed by atoms with van der Waals surface area (Å²) in [6.07, 6.45) is 1.67. The van der Waals surface area contributed by atoms with E-state index >= 15 is 0 Å². The summed E-state index contributed by atoms with van der Waals surface area (Å²) < 4.78 is 21.8. The molecule has 0 amide bonds. The lowest BCUT2D eigenvalue weighted by Crippen LogP contribution is -2.14. The van der Waals surface area contributed by atoms with Crippen LogP contribution in [0, 0.1) is 0 Å². The van der Waals surface area contributed by atoms with E-state index in [9.17, 15) is 8.42 Å². The van der Waals surface area contributed by atoms with Crippen LogP contribution in [-0.2, 0) is 15.8 Å². The summed E-state index contributed by atoms with van der Waals surface area (Å²) in [4.78, 5) is 4.14. The van der Waals surface area contributed by atoms with Crippen molar-refractivity contribution in [1.29, 1.82) is 0 Å². The Morgan fingerprint density at radius 2 is 2.07 bits per heavy atom. The number of pyridine rings is 1. The number of fused-ring (bicyclic) bond motifs is 1. The van der Waals surface area contributed by atoms with Crippen LogP contribution in [0.3, 0.4) is 0 Å². The van der Waals surface area contributed by atoms with Crippen LogP contribution < -0.4 is 5.14 Å². The fraction of sp³-hybridized carbons (Fsp3) is 0.100. The molecular formula is C10H10N2O2S. The van der Waals surface area contributed by atoms with E-state index in [2.05, 4.69) is 4.98 Å². The lowest BCUT2D eigenvalue weighted by atomic mass is 10.1. The first-order chi connectivity index (χ1) is 7.04. The number of primary sulfonamides is 1. The molecule has 5 heteroatoms. The Labute approximate surface area is 87.8 Å². The number of nitrogens with zero attached hydrogens (tertiary/aromatic N) is 1. The van der Waals surface area contributed by atoms with Gasteiger partial charge in [0.15, 0.2) is 0 Å². The van der Waals surface area contributed by atoms with E-state index in [1.807, 2.05) is 18.2 Å². The number of hydrogen-bond acceptors (Lipinski definition) is 3. The molecule has 0 bridgehead atoms. The highest BCUT2D eigenvalue weighted by molar-refractivity contribution is 7.88. The molecule has 0 spiro atoms. The zero-order chi connectivity index (χ0) is 10.9. The van der Waals surface area contributed by atoms with Crippen LogP contribution in [0.15, 0.2) is 36.5 Å². The summed E-state index contributed by atoms with van der Waals surface area (Å²) in [5.41, 5.74) is 1.43. The van der Waals surface area contributed by atoms with Gasteiger partial charge >= 0.3 is 0 Å². The number of aromatic nitrogens is 1. The van der Waals surface area contributed by atoms with Gasteiger partial charge in [-0.2, -0.15) is 0 Å². The van der Waals surface area contributed by atoms with Crippen LogP contribution in [0.25, 0.3) is 10.9 Å². The average Bonchev–Trinajstić information content (AvgIpc) is 2.15. The van der Waals surface area contributed by atoms with Crippen molar-refractivity contribution in [2.45, 2.75) is 5.75 Å². The van der Waals surface area contributed by atoms with E-state index < -0.39 is 10.0 Å². The Bertz CT molecular complexity index is 593. The standard InChI is InChI=1S/C10H10N2O2S/c11-15(13,14)7-8-3-4-9-2-1-5-12-10(9)6-8/h1-6H,7H2,(H2,11,13,14). The fourth-order valence-corrected chi connectivity index (χ4v) is 2.08. The van der Waals surface area contributed by atoms with E-state index in [0.717, 1.165) is 10.9 Å². The number of sulfonamides is 1. The molecule has 4 nitrogen and oxygen atoms in total. The van der Waals surface area contributed by atoms with Gasteiger partial charge in [0.1, 0.15) is 0 Å². The molecule has 0 unspecified atom stereocenters. The van der Waals surface area contributed by atoms with Gasteiger partial charge in [-0.1, -0.05) is 18.2 Å². The minimum atomic E-state index is -3.47. The van der Waals surface area contributed by atoms with Crippen LogP contribution in [0.1, 0.15) is 5.56 Å². The summed E-state index contributed by atoms with van der Waals surface area (Å²) in [5, 5.41) is 5.95. The average molecular weight is 222 g/mol. The monoisotopic (exact) mass is 222 g/mol. The Morgan fingerprint density at radius 3 is 2.80 bits per heavy atom. The maximum absolute atomic E-state index is 10.9. The predicted octanol–water partition coefficient (Wildman–Crippen LogP) is 1.02. The molecule has 0 aliphatic carbocycles. The molecule has 1 aromatic carbocycles. The Kier molecular flexibility index (Phi) is 2.42. The summed E-state index contributed by atoms with van der Waals surface area (Å²) >= 11 is 0. The van der Waals surface area contributed by atoms with Gasteiger partial charge in [-0.25, -0.2) is 13.6 Å². The summed E-state index contributed by atoms with van der Waals surface area (Å²) in [7, 11) is -3.47. The van der Waals surface area contributed by atoms with Crippen molar-refractivity contribution in [2.75, 3.05) is 0 Å². The van der Waals surface area contributed by atoms with E-state index in [0.29, 0.717) is 5.56 Å². The van der Waals surface area contributed by atoms with Crippen molar-refractivity contribution in [1.82, 2.24) is 4.98 Å². The fourth-order valence-electron chi connectivity index (χ4n) is 1.43. The lowest BCUT2D eigenvalue weighted by molar-refractivity contribution is 0.597. The van der Waals surface area contributed by atoms with Crippen LogP contribution in [0.5, 0.6) is 0 Å². The molecule has 2 N–H and O–H groups in total. The van der Waals surface area contributed by atoms with Crippen molar-refractivity contribution >= 4 is 20.9 Å². The molecule has 15 heavy (non-hydrogen) atoms.